The molecule has 0 aliphatic heterocycles. The van der Waals surface area contributed by atoms with Crippen molar-refractivity contribution in [3.63, 3.8) is 0 Å². The van der Waals surface area contributed by atoms with Crippen molar-refractivity contribution in [1.29, 1.82) is 0 Å². The minimum Gasteiger partial charge on any atom is -1.00 e. The van der Waals surface area contributed by atoms with Gasteiger partial charge in [0.1, 0.15) is 0 Å². The van der Waals surface area contributed by atoms with E-state index < -0.39 is 6.54 Å². The molecule has 0 aromatic carbocycles. The third kappa shape index (κ3) is 80.9. The number of rotatable bonds is 0. The fourth-order valence-electron chi connectivity index (χ4n) is 0. The molecule has 0 heterocycles. The van der Waals surface area contributed by atoms with E-state index in [-0.39, 0.29) is 20.3 Å². The van der Waals surface area contributed by atoms with Crippen LogP contribution in [0.2, 0.25) is 0 Å². The van der Waals surface area contributed by atoms with Gasteiger partial charge in [0.25, 0.3) is 6.54 Å². The summed E-state index contributed by atoms with van der Waals surface area (Å²) in [5, 5.41) is 0. The summed E-state index contributed by atoms with van der Waals surface area (Å²) in [6, 6.07) is 0. The monoisotopic (exact) mass is 56.0 g/mol. The van der Waals surface area contributed by atoms with E-state index in [9.17, 15) is 4.39 Å². The van der Waals surface area contributed by atoms with Gasteiger partial charge in [0.2, 0.25) is 0 Å². The second-order valence-corrected chi connectivity index (χ2v) is 0.0891. The van der Waals surface area contributed by atoms with Crippen LogP contribution in [-0.2, 0) is 4.79 Å². The standard InChI is InChI=1S/CHFO.Li.H/c2-1-3;;/h1H;;/q;+1;-1. The first kappa shape index (κ1) is 8.89. The average Bonchev–Trinajstić information content (AvgIpc) is 0.918. The molecule has 0 atom stereocenters. The van der Waals surface area contributed by atoms with Crippen LogP contribution in [0.4, 0.5) is 4.39 Å². The van der Waals surface area contributed by atoms with Crippen LogP contribution in [0.25, 0.3) is 0 Å². The Labute approximate surface area is 36.8 Å². The fourth-order valence-corrected chi connectivity index (χ4v) is 0. The molecule has 0 radical (unpaired) electrons. The van der Waals surface area contributed by atoms with E-state index in [1.165, 1.54) is 0 Å². The molecule has 0 saturated heterocycles. The van der Waals surface area contributed by atoms with Gasteiger partial charge < -0.3 is 1.43 Å². The first-order valence-corrected chi connectivity index (χ1v) is 0.454. The van der Waals surface area contributed by atoms with E-state index in [1.54, 1.807) is 0 Å². The molecule has 1 nitrogen and oxygen atoms in total. The van der Waals surface area contributed by atoms with Crippen LogP contribution in [0.3, 0.4) is 0 Å². The zero-order valence-electron chi connectivity index (χ0n) is 3.36. The summed E-state index contributed by atoms with van der Waals surface area (Å²) in [6.07, 6.45) is 0. The second-order valence-electron chi connectivity index (χ2n) is 0.0891. The maximum Gasteiger partial charge on any atom is 1.00 e. The van der Waals surface area contributed by atoms with Crippen molar-refractivity contribution in [3.05, 3.63) is 0 Å². The Hall–Kier alpha value is 0.197. The predicted octanol–water partition coefficient (Wildman–Crippen LogP) is -2.74. The van der Waals surface area contributed by atoms with Gasteiger partial charge in [-0.2, -0.15) is 4.39 Å². The minimum atomic E-state index is -0.750. The third-order valence-electron chi connectivity index (χ3n) is 0. The topological polar surface area (TPSA) is 17.1 Å². The Morgan fingerprint density at radius 1 is 2.00 bits per heavy atom. The quantitative estimate of drug-likeness (QED) is 0.167. The molecule has 0 aromatic heterocycles. The number of carbonyl (C=O) groups excluding carboxylic acids is 1. The SMILES string of the molecule is O=CF.[H-].[Li+]. The Morgan fingerprint density at radius 2 is 2.00 bits per heavy atom. The maximum atomic E-state index is 9.61. The normalized spacial score (nSPS) is 3.25. The van der Waals surface area contributed by atoms with Crippen molar-refractivity contribution >= 4 is 6.54 Å². The largest absolute Gasteiger partial charge is 1.00 e. The molecule has 0 saturated carbocycles. The molecule has 0 spiro atoms. The van der Waals surface area contributed by atoms with Gasteiger partial charge in [-0.15, -0.1) is 0 Å². The molecule has 4 heavy (non-hydrogen) atoms. The summed E-state index contributed by atoms with van der Waals surface area (Å²) in [5.41, 5.74) is 0. The summed E-state index contributed by atoms with van der Waals surface area (Å²) in [4.78, 5) is 8.14. The molecule has 0 bridgehead atoms. The van der Waals surface area contributed by atoms with E-state index in [2.05, 4.69) is 0 Å². The average molecular weight is 56.0 g/mol. The fraction of sp³-hybridized carbons (Fsp3) is 0. The van der Waals surface area contributed by atoms with E-state index in [1.807, 2.05) is 0 Å². The molecule has 3 heteroatoms. The van der Waals surface area contributed by atoms with E-state index in [4.69, 9.17) is 4.79 Å². The number of hydrogen-bond acceptors (Lipinski definition) is 1. The molecule has 0 fully saturated rings. The smallest absolute Gasteiger partial charge is 1.00 e. The van der Waals surface area contributed by atoms with Crippen LogP contribution in [0.1, 0.15) is 1.43 Å². The van der Waals surface area contributed by atoms with Crippen LogP contribution in [0, 0.1) is 0 Å². The van der Waals surface area contributed by atoms with E-state index >= 15 is 0 Å². The molecule has 0 aliphatic rings. The molecule has 0 unspecified atom stereocenters. The van der Waals surface area contributed by atoms with Gasteiger partial charge in [0.15, 0.2) is 0 Å². The molecule has 0 aromatic rings. The van der Waals surface area contributed by atoms with Crippen molar-refractivity contribution in [2.75, 3.05) is 0 Å². The summed E-state index contributed by atoms with van der Waals surface area (Å²) in [7, 11) is 0. The van der Waals surface area contributed by atoms with Crippen molar-refractivity contribution in [3.8, 4) is 0 Å². The molecular formula is CH2FLiO. The molecule has 0 aliphatic carbocycles. The Morgan fingerprint density at radius 3 is 2.00 bits per heavy atom. The van der Waals surface area contributed by atoms with Gasteiger partial charge in [-0.05, 0) is 0 Å². The Kier molecular flexibility index (Phi) is 23.9. The molecule has 0 rings (SSSR count). The zero-order chi connectivity index (χ0) is 2.71. The predicted molar refractivity (Wildman–Crippen MR) is 8.97 cm³/mol. The first-order valence-electron chi connectivity index (χ1n) is 0.454. The Bertz CT molecular complexity index is 19.1. The van der Waals surface area contributed by atoms with Gasteiger partial charge >= 0.3 is 18.9 Å². The van der Waals surface area contributed by atoms with Crippen LogP contribution in [0.5, 0.6) is 0 Å². The summed E-state index contributed by atoms with van der Waals surface area (Å²) >= 11 is 0. The van der Waals surface area contributed by atoms with Crippen molar-refractivity contribution in [2.45, 2.75) is 0 Å². The zero-order valence-corrected chi connectivity index (χ0v) is 2.36. The maximum absolute atomic E-state index is 9.61. The van der Waals surface area contributed by atoms with E-state index in [0.717, 1.165) is 0 Å². The van der Waals surface area contributed by atoms with Gasteiger partial charge in [0, 0.05) is 0 Å². The van der Waals surface area contributed by atoms with Crippen LogP contribution >= 0.6 is 0 Å². The third-order valence-corrected chi connectivity index (χ3v) is 0. The summed E-state index contributed by atoms with van der Waals surface area (Å²) in [6.45, 7) is -0.750. The number of carbonyl (C=O) groups is 1. The summed E-state index contributed by atoms with van der Waals surface area (Å²) < 4.78 is 9.61. The summed E-state index contributed by atoms with van der Waals surface area (Å²) in [5.74, 6) is 0. The van der Waals surface area contributed by atoms with Crippen LogP contribution in [0.15, 0.2) is 0 Å². The molecular weight excluding hydrogens is 53.9 g/mol. The Balaban J connectivity index is -0.0000000200. The molecule has 0 N–H and O–H groups in total. The van der Waals surface area contributed by atoms with Crippen LogP contribution < -0.4 is 18.9 Å². The van der Waals surface area contributed by atoms with Crippen molar-refractivity contribution < 1.29 is 29.5 Å². The van der Waals surface area contributed by atoms with Crippen molar-refractivity contribution in [2.24, 2.45) is 0 Å². The van der Waals surface area contributed by atoms with Crippen LogP contribution in [-0.4, -0.2) is 6.54 Å². The molecule has 0 amide bonds. The van der Waals surface area contributed by atoms with E-state index in [0.29, 0.717) is 0 Å². The minimum absolute atomic E-state index is 0. The molecule has 20 valence electrons. The van der Waals surface area contributed by atoms with Gasteiger partial charge in [-0.3, -0.25) is 4.79 Å². The number of halogens is 1. The first-order chi connectivity index (χ1) is 1.41. The van der Waals surface area contributed by atoms with Gasteiger partial charge in [-0.25, -0.2) is 0 Å². The van der Waals surface area contributed by atoms with Crippen molar-refractivity contribution in [1.82, 2.24) is 0 Å². The number of hydrogen-bond donors (Lipinski definition) is 0. The second kappa shape index (κ2) is 10.8. The van der Waals surface area contributed by atoms with Gasteiger partial charge in [0.05, 0.1) is 0 Å². The van der Waals surface area contributed by atoms with Gasteiger partial charge in [-0.1, -0.05) is 0 Å².